The number of fused-ring (bicyclic) bond motifs is 1. The number of hydrogen-bond acceptors (Lipinski definition) is 7. The Balaban J connectivity index is 1.63. The number of methoxy groups -OCH3 is 1. The maximum atomic E-state index is 14.2. The number of nitrogens with zero attached hydrogens (tertiary/aromatic N) is 4. The molecule has 1 amide bonds. The molecule has 2 heterocycles. The van der Waals surface area contributed by atoms with E-state index in [0.717, 1.165) is 5.56 Å². The zero-order valence-electron chi connectivity index (χ0n) is 24.8. The monoisotopic (exact) mass is 626 g/mol. The van der Waals surface area contributed by atoms with E-state index < -0.39 is 6.04 Å². The third-order valence-corrected chi connectivity index (χ3v) is 8.69. The molecule has 1 aliphatic heterocycles. The topological polar surface area (TPSA) is 96.9 Å². The summed E-state index contributed by atoms with van der Waals surface area (Å²) in [4.78, 5) is 35.1. The zero-order valence-corrected chi connectivity index (χ0v) is 26.4. The number of nitriles is 1. The average Bonchev–Trinajstić information content (AvgIpc) is 3.34. The molecule has 1 atom stereocenters. The highest BCUT2D eigenvalue weighted by Crippen LogP contribution is 2.36. The number of rotatable bonds is 9. The lowest BCUT2D eigenvalue weighted by atomic mass is 9.94. The Hall–Kier alpha value is -4.65. The Labute approximate surface area is 264 Å². The van der Waals surface area contributed by atoms with Crippen molar-refractivity contribution in [1.82, 2.24) is 9.47 Å². The molecule has 0 saturated carbocycles. The third kappa shape index (κ3) is 6.05. The van der Waals surface area contributed by atoms with Crippen LogP contribution < -0.4 is 24.4 Å². The number of benzene rings is 3. The number of allylic oxidation sites excluding steroid dienone is 1. The predicted molar refractivity (Wildman–Crippen MR) is 172 cm³/mol. The van der Waals surface area contributed by atoms with Gasteiger partial charge in [0.25, 0.3) is 11.5 Å². The summed E-state index contributed by atoms with van der Waals surface area (Å²) in [6.07, 6.45) is 1.74. The number of aromatic nitrogens is 1. The van der Waals surface area contributed by atoms with E-state index in [0.29, 0.717) is 66.9 Å². The highest BCUT2D eigenvalue weighted by molar-refractivity contribution is 7.07. The molecule has 0 radical (unpaired) electrons. The molecule has 0 aliphatic carbocycles. The van der Waals surface area contributed by atoms with E-state index in [4.69, 9.17) is 31.3 Å². The van der Waals surface area contributed by atoms with Crippen molar-refractivity contribution in [3.05, 3.63) is 125 Å². The summed E-state index contributed by atoms with van der Waals surface area (Å²) in [6, 6.07) is 21.2. The van der Waals surface area contributed by atoms with Crippen LogP contribution in [0.4, 0.5) is 0 Å². The molecule has 3 aromatic carbocycles. The van der Waals surface area contributed by atoms with Gasteiger partial charge in [-0.3, -0.25) is 14.2 Å². The highest BCUT2D eigenvalue weighted by Gasteiger charge is 2.35. The minimum absolute atomic E-state index is 0.172. The van der Waals surface area contributed by atoms with Crippen molar-refractivity contribution in [2.45, 2.75) is 33.4 Å². The van der Waals surface area contributed by atoms with Crippen molar-refractivity contribution in [3.8, 4) is 17.6 Å². The molecule has 0 N–H and O–H groups in total. The summed E-state index contributed by atoms with van der Waals surface area (Å²) in [7, 11) is 1.57. The number of likely N-dealkylation sites (N-methyl/N-ethyl adjacent to an activating group) is 1. The minimum atomic E-state index is -0.732. The summed E-state index contributed by atoms with van der Waals surface area (Å²) in [5.41, 5.74) is 3.48. The number of ether oxygens (including phenoxy) is 2. The Kier molecular flexibility index (Phi) is 9.33. The van der Waals surface area contributed by atoms with Crippen molar-refractivity contribution in [2.24, 2.45) is 4.99 Å². The van der Waals surface area contributed by atoms with Crippen molar-refractivity contribution in [2.75, 3.05) is 20.2 Å². The molecule has 8 nitrogen and oxygen atoms in total. The molecule has 0 fully saturated rings. The van der Waals surface area contributed by atoms with Crippen LogP contribution in [-0.4, -0.2) is 35.6 Å². The fourth-order valence-electron chi connectivity index (χ4n) is 5.20. The van der Waals surface area contributed by atoms with Crippen LogP contribution in [0.3, 0.4) is 0 Å². The Morgan fingerprint density at radius 1 is 1.11 bits per heavy atom. The van der Waals surface area contributed by atoms with Crippen LogP contribution in [0.1, 0.15) is 49.1 Å². The van der Waals surface area contributed by atoms with Crippen LogP contribution in [0.15, 0.2) is 87.8 Å². The molecular weight excluding hydrogens is 596 g/mol. The van der Waals surface area contributed by atoms with Crippen LogP contribution in [0.5, 0.6) is 11.5 Å². The van der Waals surface area contributed by atoms with Crippen LogP contribution >= 0.6 is 22.9 Å². The molecule has 0 unspecified atom stereocenters. The highest BCUT2D eigenvalue weighted by atomic mass is 35.5. The first-order valence-corrected chi connectivity index (χ1v) is 15.3. The van der Waals surface area contributed by atoms with Gasteiger partial charge in [-0.05, 0) is 68.8 Å². The lowest BCUT2D eigenvalue weighted by molar-refractivity contribution is -0.127. The van der Waals surface area contributed by atoms with Crippen molar-refractivity contribution < 1.29 is 14.3 Å². The first kappa shape index (κ1) is 30.8. The molecule has 0 saturated heterocycles. The van der Waals surface area contributed by atoms with Crippen LogP contribution in [0, 0.1) is 11.3 Å². The van der Waals surface area contributed by atoms with Gasteiger partial charge in [-0.1, -0.05) is 53.3 Å². The number of halogens is 1. The van der Waals surface area contributed by atoms with Gasteiger partial charge in [0, 0.05) is 29.2 Å². The molecular formula is C34H31ClN4O4S. The summed E-state index contributed by atoms with van der Waals surface area (Å²) >= 11 is 7.61. The zero-order chi connectivity index (χ0) is 31.4. The fraction of sp³-hybridized carbons (Fsp3) is 0.235. The number of carbonyl (C=O) groups excluding carboxylic acids is 1. The van der Waals surface area contributed by atoms with Gasteiger partial charge in [0.2, 0.25) is 0 Å². The van der Waals surface area contributed by atoms with E-state index in [-0.39, 0.29) is 18.1 Å². The van der Waals surface area contributed by atoms with Gasteiger partial charge in [0.05, 0.1) is 34.5 Å². The second kappa shape index (κ2) is 13.3. The van der Waals surface area contributed by atoms with Crippen LogP contribution in [0.2, 0.25) is 5.02 Å². The Morgan fingerprint density at radius 3 is 2.52 bits per heavy atom. The van der Waals surface area contributed by atoms with Gasteiger partial charge < -0.3 is 14.4 Å². The van der Waals surface area contributed by atoms with Gasteiger partial charge in [-0.2, -0.15) is 5.26 Å². The van der Waals surface area contributed by atoms with Crippen LogP contribution in [0.25, 0.3) is 6.08 Å². The fourth-order valence-corrected chi connectivity index (χ4v) is 6.42. The van der Waals surface area contributed by atoms with Gasteiger partial charge in [-0.25, -0.2) is 4.99 Å². The first-order valence-electron chi connectivity index (χ1n) is 14.2. The van der Waals surface area contributed by atoms with Crippen molar-refractivity contribution in [3.63, 3.8) is 0 Å². The first-order chi connectivity index (χ1) is 21.3. The number of thiazole rings is 1. The lowest BCUT2D eigenvalue weighted by Crippen LogP contribution is -2.43. The largest absolute Gasteiger partial charge is 0.496 e. The van der Waals surface area contributed by atoms with E-state index >= 15 is 0 Å². The second-order valence-corrected chi connectivity index (χ2v) is 11.5. The van der Waals surface area contributed by atoms with E-state index in [2.05, 4.69) is 6.07 Å². The molecule has 224 valence electrons. The SMILES string of the molecule is CCN(CC)C(=O)C1=C(C)N=c2s/c(=C/c3cc(Cl)ccc3OCc3ccc(C#N)cc3)c(=O)n2[C@@H]1c1ccccc1OC. The standard InChI is InChI=1S/C34H31ClN4O4S/c1-5-38(6-2)33(41)30-21(3)37-34-39(31(30)26-9-7-8-10-28(26)42-4)32(40)29(44-34)18-24-17-25(35)15-16-27(24)43-20-23-13-11-22(19-36)12-14-23/h7-18,31H,5-6,20H2,1-4H3/b29-18+/t31-/m1/s1. The average molecular weight is 627 g/mol. The minimum Gasteiger partial charge on any atom is -0.496 e. The molecule has 44 heavy (non-hydrogen) atoms. The van der Waals surface area contributed by atoms with Gasteiger partial charge in [0.1, 0.15) is 24.1 Å². The smallest absolute Gasteiger partial charge is 0.271 e. The maximum absolute atomic E-state index is 14.2. The Morgan fingerprint density at radius 2 is 1.84 bits per heavy atom. The number of carbonyl (C=O) groups is 1. The predicted octanol–water partition coefficient (Wildman–Crippen LogP) is 5.22. The van der Waals surface area contributed by atoms with E-state index in [1.807, 2.05) is 57.2 Å². The summed E-state index contributed by atoms with van der Waals surface area (Å²) in [5.74, 6) is 0.939. The number of amides is 1. The Bertz CT molecular complexity index is 1970. The summed E-state index contributed by atoms with van der Waals surface area (Å²) in [5, 5.41) is 9.56. The normalized spacial score (nSPS) is 14.5. The van der Waals surface area contributed by atoms with Gasteiger partial charge in [0.15, 0.2) is 4.80 Å². The van der Waals surface area contributed by atoms with E-state index in [1.165, 1.54) is 11.3 Å². The van der Waals surface area contributed by atoms with Crippen molar-refractivity contribution in [1.29, 1.82) is 5.26 Å². The molecule has 0 bridgehead atoms. The molecule has 0 spiro atoms. The van der Waals surface area contributed by atoms with Gasteiger partial charge >= 0.3 is 0 Å². The molecule has 1 aromatic heterocycles. The summed E-state index contributed by atoms with van der Waals surface area (Å²) < 4.78 is 13.8. The summed E-state index contributed by atoms with van der Waals surface area (Å²) in [6.45, 7) is 6.97. The van der Waals surface area contributed by atoms with Crippen molar-refractivity contribution >= 4 is 34.9 Å². The van der Waals surface area contributed by atoms with Crippen LogP contribution in [-0.2, 0) is 11.4 Å². The molecule has 4 aromatic rings. The third-order valence-electron chi connectivity index (χ3n) is 7.47. The quantitative estimate of drug-likeness (QED) is 0.254. The molecule has 10 heteroatoms. The lowest BCUT2D eigenvalue weighted by Gasteiger charge is -2.29. The number of para-hydroxylation sites is 1. The van der Waals surface area contributed by atoms with E-state index in [1.54, 1.807) is 53.0 Å². The second-order valence-electron chi connectivity index (χ2n) is 10.1. The van der Waals surface area contributed by atoms with E-state index in [9.17, 15) is 9.59 Å². The van der Waals surface area contributed by atoms with Gasteiger partial charge in [-0.15, -0.1) is 0 Å². The number of hydrogen-bond donors (Lipinski definition) is 0. The molecule has 5 rings (SSSR count). The molecule has 1 aliphatic rings. The maximum Gasteiger partial charge on any atom is 0.271 e.